The highest BCUT2D eigenvalue weighted by molar-refractivity contribution is 5.97. The van der Waals surface area contributed by atoms with E-state index in [9.17, 15) is 9.90 Å². The predicted octanol–water partition coefficient (Wildman–Crippen LogP) is 3.47. The number of aromatic nitrogens is 1. The van der Waals surface area contributed by atoms with Crippen LogP contribution >= 0.6 is 0 Å². The average Bonchev–Trinajstić information content (AvgIpc) is 2.95. The lowest BCUT2D eigenvalue weighted by Gasteiger charge is -2.06. The van der Waals surface area contributed by atoms with Gasteiger partial charge in [0.05, 0.1) is 12.6 Å². The van der Waals surface area contributed by atoms with Gasteiger partial charge in [-0.05, 0) is 24.6 Å². The molecule has 3 rings (SSSR count). The Balaban J connectivity index is 1.83. The fraction of sp³-hybridized carbons (Fsp3) is 0.211. The maximum atomic E-state index is 11.5. The first-order chi connectivity index (χ1) is 11.6. The van der Waals surface area contributed by atoms with E-state index in [-0.39, 0.29) is 5.69 Å². The van der Waals surface area contributed by atoms with E-state index in [0.717, 1.165) is 16.5 Å². The van der Waals surface area contributed by atoms with E-state index in [2.05, 4.69) is 41.5 Å². The van der Waals surface area contributed by atoms with Crippen molar-refractivity contribution in [1.29, 1.82) is 0 Å². The minimum atomic E-state index is -0.961. The minimum absolute atomic E-state index is 0.217. The van der Waals surface area contributed by atoms with Crippen LogP contribution in [0.4, 0.5) is 0 Å². The number of benzene rings is 2. The van der Waals surface area contributed by atoms with Crippen molar-refractivity contribution >= 4 is 16.9 Å². The van der Waals surface area contributed by atoms with Crippen molar-refractivity contribution in [3.8, 4) is 5.75 Å². The van der Waals surface area contributed by atoms with Crippen molar-refractivity contribution in [2.45, 2.75) is 20.0 Å². The number of ether oxygens (including phenoxy) is 1. The maximum Gasteiger partial charge on any atom is 0.352 e. The molecule has 3 aromatic rings. The number of aromatic amines is 1. The first kappa shape index (κ1) is 16.1. The summed E-state index contributed by atoms with van der Waals surface area (Å²) in [6.07, 6.45) is 0. The molecule has 24 heavy (non-hydrogen) atoms. The predicted molar refractivity (Wildman–Crippen MR) is 93.5 cm³/mol. The number of fused-ring (bicyclic) bond motifs is 1. The molecule has 2 aromatic carbocycles. The molecule has 0 bridgehead atoms. The number of carboxylic acids is 1. The number of carbonyl (C=O) groups is 1. The first-order valence-electron chi connectivity index (χ1n) is 7.76. The van der Waals surface area contributed by atoms with Crippen LogP contribution in [0.2, 0.25) is 0 Å². The standard InChI is InChI=1S/C19H20N2O3/c1-12-3-5-13(6-4-12)10-20-11-16-15-8-7-14(24-2)9-17(15)21-18(16)19(22)23/h3-9,20-21H,10-11H2,1-2H3,(H,22,23). The smallest absolute Gasteiger partial charge is 0.352 e. The Hall–Kier alpha value is -2.79. The van der Waals surface area contributed by atoms with Gasteiger partial charge in [-0.25, -0.2) is 4.79 Å². The molecule has 0 aliphatic heterocycles. The number of rotatable bonds is 6. The molecular formula is C19H20N2O3. The Bertz CT molecular complexity index is 866. The van der Waals surface area contributed by atoms with Crippen LogP contribution in [-0.2, 0) is 13.1 Å². The van der Waals surface area contributed by atoms with Gasteiger partial charge in [-0.3, -0.25) is 0 Å². The summed E-state index contributed by atoms with van der Waals surface area (Å²) in [5, 5.41) is 13.7. The van der Waals surface area contributed by atoms with E-state index in [0.29, 0.717) is 18.8 Å². The summed E-state index contributed by atoms with van der Waals surface area (Å²) < 4.78 is 5.20. The quantitative estimate of drug-likeness (QED) is 0.649. The molecule has 0 unspecified atom stereocenters. The Morgan fingerprint density at radius 2 is 1.92 bits per heavy atom. The Morgan fingerprint density at radius 1 is 1.17 bits per heavy atom. The number of hydrogen-bond acceptors (Lipinski definition) is 3. The molecule has 5 heteroatoms. The third-order valence-corrected chi connectivity index (χ3v) is 4.08. The summed E-state index contributed by atoms with van der Waals surface area (Å²) in [4.78, 5) is 14.5. The molecule has 0 amide bonds. The summed E-state index contributed by atoms with van der Waals surface area (Å²) in [5.41, 5.74) is 4.12. The summed E-state index contributed by atoms with van der Waals surface area (Å²) in [7, 11) is 1.59. The monoisotopic (exact) mass is 324 g/mol. The maximum absolute atomic E-state index is 11.5. The highest BCUT2D eigenvalue weighted by Gasteiger charge is 2.17. The summed E-state index contributed by atoms with van der Waals surface area (Å²) in [6.45, 7) is 3.21. The SMILES string of the molecule is COc1ccc2c(CNCc3ccc(C)cc3)c(C(=O)O)[nH]c2c1. The van der Waals surface area contributed by atoms with Crippen LogP contribution in [0.25, 0.3) is 10.9 Å². The second kappa shape index (κ2) is 6.76. The molecule has 0 aliphatic rings. The van der Waals surface area contributed by atoms with Gasteiger partial charge >= 0.3 is 5.97 Å². The van der Waals surface area contributed by atoms with Gasteiger partial charge in [0, 0.05) is 30.1 Å². The van der Waals surface area contributed by atoms with Crippen LogP contribution in [-0.4, -0.2) is 23.2 Å². The zero-order chi connectivity index (χ0) is 17.1. The van der Waals surface area contributed by atoms with Crippen molar-refractivity contribution in [3.05, 3.63) is 64.8 Å². The van der Waals surface area contributed by atoms with Gasteiger partial charge in [0.15, 0.2) is 0 Å². The van der Waals surface area contributed by atoms with Crippen molar-refractivity contribution in [1.82, 2.24) is 10.3 Å². The van der Waals surface area contributed by atoms with Crippen molar-refractivity contribution < 1.29 is 14.6 Å². The van der Waals surface area contributed by atoms with Gasteiger partial charge in [-0.15, -0.1) is 0 Å². The van der Waals surface area contributed by atoms with Gasteiger partial charge in [0.2, 0.25) is 0 Å². The molecule has 5 nitrogen and oxygen atoms in total. The molecule has 0 spiro atoms. The van der Waals surface area contributed by atoms with Crippen LogP contribution in [0.5, 0.6) is 5.75 Å². The Labute approximate surface area is 140 Å². The zero-order valence-corrected chi connectivity index (χ0v) is 13.7. The van der Waals surface area contributed by atoms with Crippen LogP contribution < -0.4 is 10.1 Å². The third-order valence-electron chi connectivity index (χ3n) is 4.08. The highest BCUT2D eigenvalue weighted by Crippen LogP contribution is 2.26. The number of aromatic carboxylic acids is 1. The minimum Gasteiger partial charge on any atom is -0.497 e. The van der Waals surface area contributed by atoms with Crippen LogP contribution in [0.15, 0.2) is 42.5 Å². The topological polar surface area (TPSA) is 74.3 Å². The summed E-state index contributed by atoms with van der Waals surface area (Å²) >= 11 is 0. The normalized spacial score (nSPS) is 10.9. The van der Waals surface area contributed by atoms with Gasteiger partial charge in [0.25, 0.3) is 0 Å². The van der Waals surface area contributed by atoms with Crippen LogP contribution in [0.3, 0.4) is 0 Å². The van der Waals surface area contributed by atoms with Gasteiger partial charge in [0.1, 0.15) is 11.4 Å². The average molecular weight is 324 g/mol. The number of aryl methyl sites for hydroxylation is 1. The molecule has 3 N–H and O–H groups in total. The fourth-order valence-corrected chi connectivity index (χ4v) is 2.77. The van der Waals surface area contributed by atoms with E-state index in [1.165, 1.54) is 11.1 Å². The first-order valence-corrected chi connectivity index (χ1v) is 7.76. The third kappa shape index (κ3) is 3.26. The zero-order valence-electron chi connectivity index (χ0n) is 13.7. The summed E-state index contributed by atoms with van der Waals surface area (Å²) in [6, 6.07) is 13.8. The molecule has 0 saturated carbocycles. The fourth-order valence-electron chi connectivity index (χ4n) is 2.77. The molecule has 0 saturated heterocycles. The lowest BCUT2D eigenvalue weighted by molar-refractivity contribution is 0.0690. The highest BCUT2D eigenvalue weighted by atomic mass is 16.5. The van der Waals surface area contributed by atoms with E-state index in [4.69, 9.17) is 4.74 Å². The van der Waals surface area contributed by atoms with Gasteiger partial charge in [-0.2, -0.15) is 0 Å². The number of carboxylic acid groups (broad SMARTS) is 1. The van der Waals surface area contributed by atoms with Gasteiger partial charge < -0.3 is 20.1 Å². The molecular weight excluding hydrogens is 304 g/mol. The lowest BCUT2D eigenvalue weighted by Crippen LogP contribution is -2.15. The van der Waals surface area contributed by atoms with E-state index < -0.39 is 5.97 Å². The number of hydrogen-bond donors (Lipinski definition) is 3. The van der Waals surface area contributed by atoms with Crippen molar-refractivity contribution in [2.24, 2.45) is 0 Å². The molecule has 0 atom stereocenters. The van der Waals surface area contributed by atoms with E-state index >= 15 is 0 Å². The second-order valence-electron chi connectivity index (χ2n) is 5.78. The molecule has 1 heterocycles. The number of methoxy groups -OCH3 is 1. The largest absolute Gasteiger partial charge is 0.497 e. The van der Waals surface area contributed by atoms with E-state index in [1.807, 2.05) is 18.2 Å². The summed E-state index contributed by atoms with van der Waals surface area (Å²) in [5.74, 6) is -0.267. The van der Waals surface area contributed by atoms with Crippen LogP contribution in [0, 0.1) is 6.92 Å². The Morgan fingerprint density at radius 3 is 2.58 bits per heavy atom. The molecule has 1 aromatic heterocycles. The molecule has 0 aliphatic carbocycles. The van der Waals surface area contributed by atoms with Gasteiger partial charge in [-0.1, -0.05) is 29.8 Å². The molecule has 124 valence electrons. The van der Waals surface area contributed by atoms with Crippen molar-refractivity contribution in [2.75, 3.05) is 7.11 Å². The molecule has 0 fully saturated rings. The second-order valence-corrected chi connectivity index (χ2v) is 5.78. The number of H-pyrrole nitrogens is 1. The van der Waals surface area contributed by atoms with Crippen LogP contribution in [0.1, 0.15) is 27.2 Å². The Kier molecular flexibility index (Phi) is 4.53. The van der Waals surface area contributed by atoms with E-state index in [1.54, 1.807) is 7.11 Å². The molecule has 0 radical (unpaired) electrons. The number of nitrogens with one attached hydrogen (secondary N) is 2. The lowest BCUT2D eigenvalue weighted by atomic mass is 10.1. The van der Waals surface area contributed by atoms with Crippen molar-refractivity contribution in [3.63, 3.8) is 0 Å².